The van der Waals surface area contributed by atoms with Gasteiger partial charge in [0, 0.05) is 18.2 Å². The molecule has 25 heavy (non-hydrogen) atoms. The van der Waals surface area contributed by atoms with Gasteiger partial charge in [-0.15, -0.1) is 0 Å². The maximum atomic E-state index is 13.4. The number of nitrogens with one attached hydrogen (secondary N) is 1. The molecule has 10 heteroatoms. The summed E-state index contributed by atoms with van der Waals surface area (Å²) in [6, 6.07) is 5.58. The van der Waals surface area contributed by atoms with Crippen molar-refractivity contribution >= 4 is 28.9 Å². The summed E-state index contributed by atoms with van der Waals surface area (Å²) < 4.78 is 31.1. The van der Waals surface area contributed by atoms with Gasteiger partial charge >= 0.3 is 5.97 Å². The van der Waals surface area contributed by atoms with E-state index >= 15 is 0 Å². The summed E-state index contributed by atoms with van der Waals surface area (Å²) >= 11 is 0. The second-order valence-electron chi connectivity index (χ2n) is 4.78. The minimum Gasteiger partial charge on any atom is -0.452 e. The van der Waals surface area contributed by atoms with E-state index in [1.807, 2.05) is 5.32 Å². The van der Waals surface area contributed by atoms with E-state index in [-0.39, 0.29) is 16.9 Å². The standard InChI is InChI=1S/C15H11F2N3O5/c16-8-1-4-11(17)13(5-8)19-14(21)7-25-15(22)10-3-2-9(20(23)24)6-12(10)18/h1-6H,7,18H2,(H,19,21). The third-order valence-corrected chi connectivity index (χ3v) is 3.00. The average molecular weight is 351 g/mol. The number of carbonyl (C=O) groups is 2. The molecule has 0 aliphatic rings. The van der Waals surface area contributed by atoms with Crippen LogP contribution < -0.4 is 11.1 Å². The number of non-ortho nitro benzene ring substituents is 1. The topological polar surface area (TPSA) is 125 Å². The maximum Gasteiger partial charge on any atom is 0.340 e. The molecule has 0 unspecified atom stereocenters. The van der Waals surface area contributed by atoms with Crippen LogP contribution in [-0.2, 0) is 9.53 Å². The Hall–Kier alpha value is -3.56. The number of rotatable bonds is 5. The number of nitrogen functional groups attached to an aromatic ring is 1. The van der Waals surface area contributed by atoms with E-state index in [1.54, 1.807) is 0 Å². The number of amides is 1. The van der Waals surface area contributed by atoms with Crippen LogP contribution in [0.25, 0.3) is 0 Å². The lowest BCUT2D eigenvalue weighted by molar-refractivity contribution is -0.384. The number of halogens is 2. The number of benzene rings is 2. The molecule has 0 heterocycles. The van der Waals surface area contributed by atoms with Crippen LogP contribution in [0.3, 0.4) is 0 Å². The number of nitro benzene ring substituents is 1. The summed E-state index contributed by atoms with van der Waals surface area (Å²) in [5.41, 5.74) is 4.44. The number of esters is 1. The first-order chi connectivity index (χ1) is 11.8. The minimum atomic E-state index is -0.998. The number of nitrogens with zero attached hydrogens (tertiary/aromatic N) is 1. The van der Waals surface area contributed by atoms with E-state index in [0.717, 1.165) is 36.4 Å². The van der Waals surface area contributed by atoms with Crippen LogP contribution in [0.2, 0.25) is 0 Å². The Balaban J connectivity index is 1.98. The molecule has 1 amide bonds. The van der Waals surface area contributed by atoms with Gasteiger partial charge in [-0.05, 0) is 18.2 Å². The molecule has 0 aliphatic heterocycles. The van der Waals surface area contributed by atoms with Crippen molar-refractivity contribution in [3.63, 3.8) is 0 Å². The highest BCUT2D eigenvalue weighted by atomic mass is 19.1. The fourth-order valence-electron chi connectivity index (χ4n) is 1.84. The third kappa shape index (κ3) is 4.47. The summed E-state index contributed by atoms with van der Waals surface area (Å²) in [4.78, 5) is 33.4. The minimum absolute atomic E-state index is 0.171. The summed E-state index contributed by atoms with van der Waals surface area (Å²) in [5, 5.41) is 12.6. The van der Waals surface area contributed by atoms with Gasteiger partial charge in [-0.25, -0.2) is 13.6 Å². The highest BCUT2D eigenvalue weighted by Crippen LogP contribution is 2.20. The first-order valence-corrected chi connectivity index (χ1v) is 6.74. The quantitative estimate of drug-likeness (QED) is 0.368. The molecule has 0 bridgehead atoms. The molecule has 0 aromatic heterocycles. The van der Waals surface area contributed by atoms with Gasteiger partial charge in [0.15, 0.2) is 6.61 Å². The number of nitro groups is 1. The molecule has 0 radical (unpaired) electrons. The predicted molar refractivity (Wildman–Crippen MR) is 82.8 cm³/mol. The Labute approximate surface area is 139 Å². The first kappa shape index (κ1) is 17.8. The zero-order valence-electron chi connectivity index (χ0n) is 12.5. The monoisotopic (exact) mass is 351 g/mol. The Bertz CT molecular complexity index is 857. The number of nitrogens with two attached hydrogens (primary N) is 1. The van der Waals surface area contributed by atoms with Crippen molar-refractivity contribution < 1.29 is 28.0 Å². The molecule has 0 saturated heterocycles. The Kier molecular flexibility index (Phi) is 5.22. The molecule has 0 atom stereocenters. The molecule has 0 fully saturated rings. The molecular weight excluding hydrogens is 340 g/mol. The van der Waals surface area contributed by atoms with Crippen LogP contribution in [0.15, 0.2) is 36.4 Å². The number of carbonyl (C=O) groups excluding carboxylic acids is 2. The zero-order chi connectivity index (χ0) is 18.6. The Morgan fingerprint density at radius 3 is 2.56 bits per heavy atom. The fraction of sp³-hybridized carbons (Fsp3) is 0.0667. The van der Waals surface area contributed by atoms with E-state index in [4.69, 9.17) is 10.5 Å². The van der Waals surface area contributed by atoms with Crippen molar-refractivity contribution in [2.45, 2.75) is 0 Å². The highest BCUT2D eigenvalue weighted by molar-refractivity contribution is 5.98. The number of ether oxygens (including phenoxy) is 1. The van der Waals surface area contributed by atoms with Gasteiger partial charge in [-0.1, -0.05) is 0 Å². The van der Waals surface area contributed by atoms with Crippen LogP contribution in [0.1, 0.15) is 10.4 Å². The summed E-state index contributed by atoms with van der Waals surface area (Å²) in [5.74, 6) is -3.52. The van der Waals surface area contributed by atoms with Gasteiger partial charge in [-0.2, -0.15) is 0 Å². The van der Waals surface area contributed by atoms with E-state index in [9.17, 15) is 28.5 Å². The summed E-state index contributed by atoms with van der Waals surface area (Å²) in [7, 11) is 0. The highest BCUT2D eigenvalue weighted by Gasteiger charge is 2.17. The molecule has 130 valence electrons. The number of hydrogen-bond donors (Lipinski definition) is 2. The van der Waals surface area contributed by atoms with E-state index < -0.39 is 40.7 Å². The van der Waals surface area contributed by atoms with Crippen LogP contribution in [0.4, 0.5) is 25.8 Å². The van der Waals surface area contributed by atoms with Crippen LogP contribution in [0, 0.1) is 21.7 Å². The van der Waals surface area contributed by atoms with Crippen molar-refractivity contribution in [2.75, 3.05) is 17.7 Å². The Morgan fingerprint density at radius 2 is 1.92 bits per heavy atom. The summed E-state index contributed by atoms with van der Waals surface area (Å²) in [6.45, 7) is -0.786. The van der Waals surface area contributed by atoms with Gasteiger partial charge in [0.1, 0.15) is 11.6 Å². The fourth-order valence-corrected chi connectivity index (χ4v) is 1.84. The van der Waals surface area contributed by atoms with Crippen LogP contribution >= 0.6 is 0 Å². The van der Waals surface area contributed by atoms with Crippen molar-refractivity contribution in [3.05, 3.63) is 63.7 Å². The van der Waals surface area contributed by atoms with Crippen LogP contribution in [-0.4, -0.2) is 23.4 Å². The normalized spacial score (nSPS) is 10.2. The Morgan fingerprint density at radius 1 is 1.20 bits per heavy atom. The molecule has 2 rings (SSSR count). The van der Waals surface area contributed by atoms with Gasteiger partial charge in [0.2, 0.25) is 0 Å². The molecular formula is C15H11F2N3O5. The first-order valence-electron chi connectivity index (χ1n) is 6.74. The number of hydrogen-bond acceptors (Lipinski definition) is 6. The van der Waals surface area contributed by atoms with E-state index in [0.29, 0.717) is 0 Å². The predicted octanol–water partition coefficient (Wildman–Crippen LogP) is 2.25. The smallest absolute Gasteiger partial charge is 0.340 e. The lowest BCUT2D eigenvalue weighted by atomic mass is 10.1. The van der Waals surface area contributed by atoms with Crippen molar-refractivity contribution in [2.24, 2.45) is 0 Å². The molecule has 0 spiro atoms. The third-order valence-electron chi connectivity index (χ3n) is 3.00. The SMILES string of the molecule is Nc1cc([N+](=O)[O-])ccc1C(=O)OCC(=O)Nc1cc(F)ccc1F. The van der Waals surface area contributed by atoms with Gasteiger partial charge in [0.25, 0.3) is 11.6 Å². The van der Waals surface area contributed by atoms with Crippen molar-refractivity contribution in [1.82, 2.24) is 0 Å². The van der Waals surface area contributed by atoms with Gasteiger partial charge < -0.3 is 15.8 Å². The van der Waals surface area contributed by atoms with Crippen molar-refractivity contribution in [3.8, 4) is 0 Å². The number of anilines is 2. The second kappa shape index (κ2) is 7.34. The summed E-state index contributed by atoms with van der Waals surface area (Å²) in [6.07, 6.45) is 0. The lowest BCUT2D eigenvalue weighted by Crippen LogP contribution is -2.22. The molecule has 8 nitrogen and oxygen atoms in total. The lowest BCUT2D eigenvalue weighted by Gasteiger charge is -2.08. The average Bonchev–Trinajstić information content (AvgIpc) is 2.55. The molecule has 3 N–H and O–H groups in total. The van der Waals surface area contributed by atoms with Crippen molar-refractivity contribution in [1.29, 1.82) is 0 Å². The maximum absolute atomic E-state index is 13.4. The van der Waals surface area contributed by atoms with Gasteiger partial charge in [-0.3, -0.25) is 14.9 Å². The van der Waals surface area contributed by atoms with E-state index in [2.05, 4.69) is 0 Å². The zero-order valence-corrected chi connectivity index (χ0v) is 12.5. The second-order valence-corrected chi connectivity index (χ2v) is 4.78. The van der Waals surface area contributed by atoms with Crippen LogP contribution in [0.5, 0.6) is 0 Å². The molecule has 0 aliphatic carbocycles. The molecule has 0 saturated carbocycles. The molecule has 2 aromatic rings. The largest absolute Gasteiger partial charge is 0.452 e. The van der Waals surface area contributed by atoms with E-state index in [1.165, 1.54) is 0 Å². The van der Waals surface area contributed by atoms with Gasteiger partial charge in [0.05, 0.1) is 21.9 Å². The molecule has 2 aromatic carbocycles.